The third kappa shape index (κ3) is 4.05. The zero-order chi connectivity index (χ0) is 16.1. The molecule has 2 rings (SSSR count). The molecule has 7 heteroatoms. The van der Waals surface area contributed by atoms with Crippen LogP contribution in [0, 0.1) is 6.92 Å². The largest absolute Gasteiger partial charge is 0.497 e. The zero-order valence-electron chi connectivity index (χ0n) is 12.3. The fourth-order valence-corrected chi connectivity index (χ4v) is 2.80. The van der Waals surface area contributed by atoms with Crippen molar-refractivity contribution in [3.8, 4) is 5.75 Å². The van der Waals surface area contributed by atoms with E-state index in [1.54, 1.807) is 38.3 Å². The molecule has 22 heavy (non-hydrogen) atoms. The second-order valence-corrected chi connectivity index (χ2v) is 5.69. The number of anilines is 1. The topological polar surface area (TPSA) is 88.5 Å². The molecule has 1 aromatic carbocycles. The lowest BCUT2D eigenvalue weighted by atomic mass is 10.2. The molecular formula is C15H16N2O4S. The third-order valence-electron chi connectivity index (χ3n) is 3.03. The molecule has 0 fully saturated rings. The van der Waals surface area contributed by atoms with Gasteiger partial charge in [0.05, 0.1) is 19.2 Å². The van der Waals surface area contributed by atoms with E-state index in [0.29, 0.717) is 22.9 Å². The molecule has 0 unspecified atom stereocenters. The Bertz CT molecular complexity index is 679. The standard InChI is InChI=1S/C15H16N2O4S/c1-9-12(7-8-13(18)19)22-15(16-9)17-14(20)10-3-5-11(21-2)6-4-10/h3-6H,7-8H2,1-2H3,(H,18,19)(H,16,17,20). The molecule has 0 spiro atoms. The predicted octanol–water partition coefficient (Wildman–Crippen LogP) is 2.73. The van der Waals surface area contributed by atoms with Gasteiger partial charge in [-0.05, 0) is 37.6 Å². The van der Waals surface area contributed by atoms with Crippen LogP contribution in [0.2, 0.25) is 0 Å². The predicted molar refractivity (Wildman–Crippen MR) is 83.8 cm³/mol. The third-order valence-corrected chi connectivity index (χ3v) is 4.16. The normalized spacial score (nSPS) is 10.3. The van der Waals surface area contributed by atoms with Crippen molar-refractivity contribution in [1.29, 1.82) is 0 Å². The highest BCUT2D eigenvalue weighted by Crippen LogP contribution is 2.24. The van der Waals surface area contributed by atoms with E-state index in [1.165, 1.54) is 11.3 Å². The van der Waals surface area contributed by atoms with Gasteiger partial charge >= 0.3 is 5.97 Å². The molecule has 0 saturated heterocycles. The van der Waals surface area contributed by atoms with Crippen LogP contribution in [0.5, 0.6) is 5.75 Å². The molecule has 1 heterocycles. The van der Waals surface area contributed by atoms with Gasteiger partial charge in [0.2, 0.25) is 0 Å². The molecule has 1 aromatic heterocycles. The number of benzene rings is 1. The van der Waals surface area contributed by atoms with Gasteiger partial charge in [0.15, 0.2) is 5.13 Å². The molecule has 0 saturated carbocycles. The minimum Gasteiger partial charge on any atom is -0.497 e. The molecule has 0 aliphatic carbocycles. The van der Waals surface area contributed by atoms with E-state index in [9.17, 15) is 9.59 Å². The Labute approximate surface area is 131 Å². The number of aryl methyl sites for hydroxylation is 2. The number of thiazole rings is 1. The highest BCUT2D eigenvalue weighted by molar-refractivity contribution is 7.15. The Morgan fingerprint density at radius 3 is 2.59 bits per heavy atom. The maximum atomic E-state index is 12.1. The number of methoxy groups -OCH3 is 1. The number of hydrogen-bond donors (Lipinski definition) is 2. The van der Waals surface area contributed by atoms with Crippen LogP contribution in [-0.2, 0) is 11.2 Å². The Morgan fingerprint density at radius 1 is 1.32 bits per heavy atom. The number of carboxylic acids is 1. The van der Waals surface area contributed by atoms with Gasteiger partial charge < -0.3 is 9.84 Å². The molecule has 116 valence electrons. The SMILES string of the molecule is COc1ccc(C(=O)Nc2nc(C)c(CCC(=O)O)s2)cc1. The monoisotopic (exact) mass is 320 g/mol. The Morgan fingerprint density at radius 2 is 2.00 bits per heavy atom. The molecule has 0 bridgehead atoms. The smallest absolute Gasteiger partial charge is 0.303 e. The summed E-state index contributed by atoms with van der Waals surface area (Å²) in [5, 5.41) is 11.9. The van der Waals surface area contributed by atoms with Crippen molar-refractivity contribution >= 4 is 28.3 Å². The van der Waals surface area contributed by atoms with Crippen molar-refractivity contribution < 1.29 is 19.4 Å². The first-order valence-electron chi connectivity index (χ1n) is 6.63. The van der Waals surface area contributed by atoms with Crippen LogP contribution in [0.4, 0.5) is 5.13 Å². The van der Waals surface area contributed by atoms with Gasteiger partial charge in [-0.2, -0.15) is 0 Å². The van der Waals surface area contributed by atoms with E-state index in [4.69, 9.17) is 9.84 Å². The molecule has 2 aromatic rings. The summed E-state index contributed by atoms with van der Waals surface area (Å²) in [6, 6.07) is 6.75. The highest BCUT2D eigenvalue weighted by atomic mass is 32.1. The Balaban J connectivity index is 2.04. The summed E-state index contributed by atoms with van der Waals surface area (Å²) in [6.07, 6.45) is 0.464. The van der Waals surface area contributed by atoms with Crippen LogP contribution in [-0.4, -0.2) is 29.1 Å². The van der Waals surface area contributed by atoms with Gasteiger partial charge in [-0.25, -0.2) is 4.98 Å². The van der Waals surface area contributed by atoms with E-state index in [1.807, 2.05) is 0 Å². The number of nitrogens with zero attached hydrogens (tertiary/aromatic N) is 1. The molecule has 6 nitrogen and oxygen atoms in total. The van der Waals surface area contributed by atoms with E-state index in [0.717, 1.165) is 10.6 Å². The molecule has 0 aliphatic heterocycles. The summed E-state index contributed by atoms with van der Waals surface area (Å²) in [7, 11) is 1.56. The van der Waals surface area contributed by atoms with E-state index in [-0.39, 0.29) is 12.3 Å². The van der Waals surface area contributed by atoms with E-state index in [2.05, 4.69) is 10.3 Å². The second kappa shape index (κ2) is 7.04. The van der Waals surface area contributed by atoms with Crippen molar-refractivity contribution in [2.75, 3.05) is 12.4 Å². The van der Waals surface area contributed by atoms with Crippen molar-refractivity contribution in [3.05, 3.63) is 40.4 Å². The lowest BCUT2D eigenvalue weighted by Gasteiger charge is -2.03. The average Bonchev–Trinajstić information content (AvgIpc) is 2.85. The Kier molecular flexibility index (Phi) is 5.11. The van der Waals surface area contributed by atoms with Crippen molar-refractivity contribution in [3.63, 3.8) is 0 Å². The van der Waals surface area contributed by atoms with Crippen molar-refractivity contribution in [2.24, 2.45) is 0 Å². The minimum atomic E-state index is -0.850. The fourth-order valence-electron chi connectivity index (χ4n) is 1.85. The lowest BCUT2D eigenvalue weighted by Crippen LogP contribution is -2.11. The first-order valence-corrected chi connectivity index (χ1v) is 7.44. The Hall–Kier alpha value is -2.41. The molecule has 2 N–H and O–H groups in total. The van der Waals surface area contributed by atoms with Crippen LogP contribution in [0.3, 0.4) is 0 Å². The number of aliphatic carboxylic acids is 1. The first-order chi connectivity index (χ1) is 10.5. The number of carbonyl (C=O) groups is 2. The van der Waals surface area contributed by atoms with Gasteiger partial charge in [-0.3, -0.25) is 14.9 Å². The van der Waals surface area contributed by atoms with E-state index < -0.39 is 5.97 Å². The van der Waals surface area contributed by atoms with Crippen LogP contribution in [0.25, 0.3) is 0 Å². The summed E-state index contributed by atoms with van der Waals surface area (Å²) in [4.78, 5) is 27.9. The number of hydrogen-bond acceptors (Lipinski definition) is 5. The average molecular weight is 320 g/mol. The number of rotatable bonds is 6. The number of aromatic nitrogens is 1. The first kappa shape index (κ1) is 16.0. The maximum absolute atomic E-state index is 12.1. The molecule has 0 atom stereocenters. The fraction of sp³-hybridized carbons (Fsp3) is 0.267. The second-order valence-electron chi connectivity index (χ2n) is 4.60. The van der Waals surface area contributed by atoms with Crippen LogP contribution in [0.1, 0.15) is 27.3 Å². The maximum Gasteiger partial charge on any atom is 0.303 e. The summed E-state index contributed by atoms with van der Waals surface area (Å²) in [6.45, 7) is 1.80. The molecular weight excluding hydrogens is 304 g/mol. The summed E-state index contributed by atoms with van der Waals surface area (Å²) in [5.74, 6) is -0.435. The van der Waals surface area contributed by atoms with Crippen LogP contribution < -0.4 is 10.1 Å². The van der Waals surface area contributed by atoms with Crippen molar-refractivity contribution in [2.45, 2.75) is 19.8 Å². The van der Waals surface area contributed by atoms with Gasteiger partial charge in [0.1, 0.15) is 5.75 Å². The lowest BCUT2D eigenvalue weighted by molar-refractivity contribution is -0.136. The van der Waals surface area contributed by atoms with Gasteiger partial charge in [0.25, 0.3) is 5.91 Å². The summed E-state index contributed by atoms with van der Waals surface area (Å²) in [5.41, 5.74) is 1.25. The molecule has 0 radical (unpaired) electrons. The molecule has 1 amide bonds. The zero-order valence-corrected chi connectivity index (χ0v) is 13.1. The number of ether oxygens (including phenoxy) is 1. The highest BCUT2D eigenvalue weighted by Gasteiger charge is 2.12. The number of carbonyl (C=O) groups excluding carboxylic acids is 1. The number of nitrogens with one attached hydrogen (secondary N) is 1. The number of carboxylic acid groups (broad SMARTS) is 1. The van der Waals surface area contributed by atoms with Gasteiger partial charge in [-0.1, -0.05) is 0 Å². The number of amides is 1. The van der Waals surface area contributed by atoms with Crippen molar-refractivity contribution in [1.82, 2.24) is 4.98 Å². The quantitative estimate of drug-likeness (QED) is 0.854. The van der Waals surface area contributed by atoms with E-state index >= 15 is 0 Å². The minimum absolute atomic E-state index is 0.0505. The van der Waals surface area contributed by atoms with Crippen LogP contribution >= 0.6 is 11.3 Å². The van der Waals surface area contributed by atoms with Gasteiger partial charge in [0, 0.05) is 10.4 Å². The van der Waals surface area contributed by atoms with Crippen LogP contribution in [0.15, 0.2) is 24.3 Å². The summed E-state index contributed by atoms with van der Waals surface area (Å²) >= 11 is 1.30. The molecule has 0 aliphatic rings. The van der Waals surface area contributed by atoms with Gasteiger partial charge in [-0.15, -0.1) is 11.3 Å². The summed E-state index contributed by atoms with van der Waals surface area (Å²) < 4.78 is 5.04.